The van der Waals surface area contributed by atoms with E-state index in [4.69, 9.17) is 0 Å². The van der Waals surface area contributed by atoms with E-state index >= 15 is 0 Å². The maximum Gasteiger partial charge on any atom is 0.204 e. The van der Waals surface area contributed by atoms with Crippen LogP contribution in [0, 0.1) is 11.1 Å². The lowest BCUT2D eigenvalue weighted by Gasteiger charge is -2.42. The molecule has 1 aliphatic carbocycles. The number of aromatic amines is 1. The lowest BCUT2D eigenvalue weighted by atomic mass is 9.89. The van der Waals surface area contributed by atoms with Crippen LogP contribution < -0.4 is 0 Å². The molecule has 1 saturated carbocycles. The molecular weight excluding hydrogens is 474 g/mol. The Bertz CT molecular complexity index is 1210. The zero-order valence-corrected chi connectivity index (χ0v) is 22.9. The molecule has 202 valence electrons. The summed E-state index contributed by atoms with van der Waals surface area (Å²) in [6.07, 6.45) is 15.9. The average Bonchev–Trinajstić information content (AvgIpc) is 3.51. The van der Waals surface area contributed by atoms with E-state index in [9.17, 15) is 5.21 Å². The highest BCUT2D eigenvalue weighted by Crippen LogP contribution is 2.38. The van der Waals surface area contributed by atoms with Crippen molar-refractivity contribution in [2.24, 2.45) is 5.92 Å². The third-order valence-electron chi connectivity index (χ3n) is 8.25. The van der Waals surface area contributed by atoms with Crippen LogP contribution in [0.3, 0.4) is 0 Å². The number of benzene rings is 1. The first-order valence-corrected chi connectivity index (χ1v) is 14.4. The maximum absolute atomic E-state index is 14.5. The van der Waals surface area contributed by atoms with E-state index in [0.717, 1.165) is 47.3 Å². The summed E-state index contributed by atoms with van der Waals surface area (Å²) in [7, 11) is 0. The second-order valence-corrected chi connectivity index (χ2v) is 11.0. The minimum Gasteiger partial charge on any atom is -0.626 e. The van der Waals surface area contributed by atoms with Crippen LogP contribution >= 0.6 is 0 Å². The molecule has 8 heteroatoms. The van der Waals surface area contributed by atoms with Crippen LogP contribution in [-0.2, 0) is 6.54 Å². The highest BCUT2D eigenvalue weighted by molar-refractivity contribution is 5.69. The van der Waals surface area contributed by atoms with Crippen molar-refractivity contribution < 1.29 is 4.65 Å². The molecule has 1 N–H and O–H groups in total. The summed E-state index contributed by atoms with van der Waals surface area (Å²) < 4.78 is -0.311. The predicted molar refractivity (Wildman–Crippen MR) is 150 cm³/mol. The Morgan fingerprint density at radius 3 is 2.68 bits per heavy atom. The monoisotopic (exact) mass is 515 g/mol. The molecule has 1 aliphatic heterocycles. The summed E-state index contributed by atoms with van der Waals surface area (Å²) in [5, 5.41) is 28.9. The van der Waals surface area contributed by atoms with Gasteiger partial charge in [-0.25, -0.2) is 0 Å². The Labute approximate surface area is 226 Å². The fourth-order valence-electron chi connectivity index (χ4n) is 6.31. The second-order valence-electron chi connectivity index (χ2n) is 11.0. The number of nitrogens with zero attached hydrogens (tertiary/aromatic N) is 6. The lowest BCUT2D eigenvalue weighted by molar-refractivity contribution is -0.860. The molecule has 1 aromatic carbocycles. The van der Waals surface area contributed by atoms with Gasteiger partial charge < -0.3 is 14.8 Å². The van der Waals surface area contributed by atoms with Gasteiger partial charge in [0.15, 0.2) is 6.67 Å². The fraction of sp³-hybridized carbons (Fsp3) is 0.533. The maximum atomic E-state index is 14.5. The van der Waals surface area contributed by atoms with Gasteiger partial charge in [0.1, 0.15) is 12.2 Å². The molecule has 38 heavy (non-hydrogen) atoms. The minimum absolute atomic E-state index is 0.311. The van der Waals surface area contributed by atoms with Crippen LogP contribution in [0.2, 0.25) is 0 Å². The van der Waals surface area contributed by atoms with Crippen molar-refractivity contribution >= 4 is 0 Å². The largest absolute Gasteiger partial charge is 0.626 e. The number of allylic oxidation sites excluding steroid dienone is 1. The Kier molecular flexibility index (Phi) is 8.49. The zero-order chi connectivity index (χ0) is 26.4. The fourth-order valence-corrected chi connectivity index (χ4v) is 6.31. The van der Waals surface area contributed by atoms with Crippen LogP contribution in [0.1, 0.15) is 83.7 Å². The van der Waals surface area contributed by atoms with Gasteiger partial charge in [-0.15, -0.1) is 10.2 Å². The number of pyridine rings is 1. The van der Waals surface area contributed by atoms with Crippen LogP contribution in [0.15, 0.2) is 54.5 Å². The Morgan fingerprint density at radius 1 is 1.03 bits per heavy atom. The van der Waals surface area contributed by atoms with Crippen molar-refractivity contribution in [2.75, 3.05) is 6.67 Å². The predicted octanol–water partition coefficient (Wildman–Crippen LogP) is 6.80. The minimum atomic E-state index is -0.311. The van der Waals surface area contributed by atoms with Crippen molar-refractivity contribution in [3.05, 3.63) is 65.4 Å². The zero-order valence-electron chi connectivity index (χ0n) is 22.9. The Morgan fingerprint density at radius 2 is 1.87 bits per heavy atom. The van der Waals surface area contributed by atoms with Crippen LogP contribution in [0.4, 0.5) is 0 Å². The number of hydroxylamine groups is 3. The molecule has 0 spiro atoms. The Balaban J connectivity index is 1.38. The summed E-state index contributed by atoms with van der Waals surface area (Å²) in [5.74, 6) is 1.25. The highest BCUT2D eigenvalue weighted by atomic mass is 16.6. The summed E-state index contributed by atoms with van der Waals surface area (Å²) >= 11 is 0. The summed E-state index contributed by atoms with van der Waals surface area (Å²) in [6.45, 7) is 5.35. The number of unbranched alkanes of at least 4 members (excludes halogenated alkanes) is 1. The van der Waals surface area contributed by atoms with Gasteiger partial charge in [0.25, 0.3) is 0 Å². The van der Waals surface area contributed by atoms with Crippen molar-refractivity contribution in [3.63, 3.8) is 0 Å². The molecule has 1 fully saturated rings. The molecule has 0 radical (unpaired) electrons. The molecule has 3 unspecified atom stereocenters. The first kappa shape index (κ1) is 26.5. The Hall–Kier alpha value is -3.10. The van der Waals surface area contributed by atoms with Gasteiger partial charge in [-0.1, -0.05) is 64.2 Å². The SMILES string of the molecule is CCCCC1=CN(C2CCCCCC2CCC)C[N+]1([O-])Cc1cc(-c2cccc(-c3nn[nH]n3)c2)ccn1. The number of hydrogen-bond donors (Lipinski definition) is 1. The van der Waals surface area contributed by atoms with E-state index in [1.54, 1.807) is 0 Å². The van der Waals surface area contributed by atoms with Crippen LogP contribution in [0.25, 0.3) is 22.5 Å². The first-order chi connectivity index (χ1) is 18.6. The molecule has 8 nitrogen and oxygen atoms in total. The summed E-state index contributed by atoms with van der Waals surface area (Å²) in [5.41, 5.74) is 4.82. The van der Waals surface area contributed by atoms with Gasteiger partial charge in [-0.3, -0.25) is 4.98 Å². The second kappa shape index (κ2) is 12.2. The number of quaternary nitrogens is 1. The smallest absolute Gasteiger partial charge is 0.204 e. The molecular formula is C30H41N7O. The number of rotatable bonds is 10. The molecule has 0 amide bonds. The molecule has 2 aliphatic rings. The number of nitrogens with one attached hydrogen (secondary N) is 1. The molecule has 3 heterocycles. The number of H-pyrrole nitrogens is 1. The quantitative estimate of drug-likeness (QED) is 0.181. The van der Waals surface area contributed by atoms with Crippen molar-refractivity contribution in [1.82, 2.24) is 30.5 Å². The number of tetrazole rings is 1. The van der Waals surface area contributed by atoms with Crippen LogP contribution in [0.5, 0.6) is 0 Å². The van der Waals surface area contributed by atoms with E-state index in [2.05, 4.69) is 68.8 Å². The molecule has 3 atom stereocenters. The standard InChI is InChI=1S/C30H41N7O/c1-3-5-14-28-20-36(29-15-8-6-7-11-23(29)10-4-2)22-37(28,38)21-27-19-25(16-17-31-27)24-12-9-13-26(18-24)30-32-34-35-33-30/h9,12-13,16-20,23,29H,3-8,10-11,14-15,21-22H2,1-2H3,(H,32,33,34,35). The van der Waals surface area contributed by atoms with E-state index in [-0.39, 0.29) is 4.65 Å². The van der Waals surface area contributed by atoms with E-state index < -0.39 is 0 Å². The first-order valence-electron chi connectivity index (χ1n) is 14.4. The van der Waals surface area contributed by atoms with Crippen molar-refractivity contribution in [1.29, 1.82) is 0 Å². The van der Waals surface area contributed by atoms with Gasteiger partial charge in [0, 0.05) is 24.2 Å². The van der Waals surface area contributed by atoms with E-state index in [0.29, 0.717) is 31.0 Å². The van der Waals surface area contributed by atoms with E-state index in [1.807, 2.05) is 24.4 Å². The van der Waals surface area contributed by atoms with Crippen LogP contribution in [-0.4, -0.2) is 47.9 Å². The van der Waals surface area contributed by atoms with Gasteiger partial charge in [0.05, 0.1) is 11.9 Å². The average molecular weight is 516 g/mol. The number of aromatic nitrogens is 5. The van der Waals surface area contributed by atoms with Gasteiger partial charge in [0.2, 0.25) is 5.82 Å². The molecule has 5 rings (SSSR count). The molecule has 0 saturated heterocycles. The summed E-state index contributed by atoms with van der Waals surface area (Å²) in [6, 6.07) is 12.6. The van der Waals surface area contributed by atoms with Gasteiger partial charge in [-0.05, 0) is 66.1 Å². The third-order valence-corrected chi connectivity index (χ3v) is 8.25. The molecule has 0 bridgehead atoms. The van der Waals surface area contributed by atoms with Crippen molar-refractivity contribution in [2.45, 2.75) is 90.6 Å². The number of hydrogen-bond acceptors (Lipinski definition) is 6. The molecule has 2 aromatic heterocycles. The lowest BCUT2D eigenvalue weighted by Crippen LogP contribution is -2.46. The summed E-state index contributed by atoms with van der Waals surface area (Å²) in [4.78, 5) is 7.09. The van der Waals surface area contributed by atoms with Gasteiger partial charge in [-0.2, -0.15) is 5.21 Å². The van der Waals surface area contributed by atoms with E-state index in [1.165, 1.54) is 44.9 Å². The van der Waals surface area contributed by atoms with Gasteiger partial charge >= 0.3 is 0 Å². The molecule has 3 aromatic rings. The van der Waals surface area contributed by atoms with Crippen molar-refractivity contribution in [3.8, 4) is 22.5 Å². The highest BCUT2D eigenvalue weighted by Gasteiger charge is 2.38. The third kappa shape index (κ3) is 5.97. The normalized spacial score (nSPS) is 23.9. The topological polar surface area (TPSA) is 93.7 Å².